The van der Waals surface area contributed by atoms with Gasteiger partial charge in [0.25, 0.3) is 6.71 Å². The molecule has 2 nitrogen and oxygen atoms in total. The first-order valence-electron chi connectivity index (χ1n) is 9.75. The molecule has 0 radical (unpaired) electrons. The van der Waals surface area contributed by atoms with Crippen LogP contribution in [0.2, 0.25) is 0 Å². The molecule has 0 N–H and O–H groups in total. The summed E-state index contributed by atoms with van der Waals surface area (Å²) in [6.45, 7) is 2.40. The van der Waals surface area contributed by atoms with Crippen LogP contribution in [0.3, 0.4) is 0 Å². The van der Waals surface area contributed by atoms with Crippen LogP contribution in [-0.4, -0.2) is 11.3 Å². The fourth-order valence-electron chi connectivity index (χ4n) is 5.30. The predicted octanol–water partition coefficient (Wildman–Crippen LogP) is 4.03. The molecule has 4 aromatic carbocycles. The SMILES string of the molecule is Cc1cccc2c1B1c3ccccc3-n3c4ccccc4c4ccc(c1c43)O2. The van der Waals surface area contributed by atoms with E-state index in [-0.39, 0.29) is 6.71 Å². The summed E-state index contributed by atoms with van der Waals surface area (Å²) in [6.07, 6.45) is 0. The molecule has 0 saturated carbocycles. The van der Waals surface area contributed by atoms with Crippen molar-refractivity contribution < 1.29 is 4.74 Å². The first-order valence-corrected chi connectivity index (χ1v) is 9.75. The quantitative estimate of drug-likeness (QED) is 0.374. The van der Waals surface area contributed by atoms with Crippen LogP contribution in [0.15, 0.2) is 78.9 Å². The van der Waals surface area contributed by atoms with Crippen molar-refractivity contribution in [3.63, 3.8) is 0 Å². The number of rotatable bonds is 0. The summed E-state index contributed by atoms with van der Waals surface area (Å²) in [5.74, 6) is 1.96. The minimum Gasteiger partial charge on any atom is -0.458 e. The highest BCUT2D eigenvalue weighted by atomic mass is 16.5. The molecule has 5 aromatic rings. The molecule has 0 bridgehead atoms. The number of aryl methyl sites for hydroxylation is 1. The Morgan fingerprint density at radius 2 is 1.54 bits per heavy atom. The Morgan fingerprint density at radius 3 is 2.50 bits per heavy atom. The average molecular weight is 357 g/mol. The summed E-state index contributed by atoms with van der Waals surface area (Å²) in [7, 11) is 0. The third kappa shape index (κ3) is 1.57. The Hall–Kier alpha value is -3.46. The van der Waals surface area contributed by atoms with Gasteiger partial charge in [0.15, 0.2) is 0 Å². The minimum atomic E-state index is 0.205. The molecule has 0 amide bonds. The number of nitrogens with zero attached hydrogens (tertiary/aromatic N) is 1. The van der Waals surface area contributed by atoms with Gasteiger partial charge in [-0.2, -0.15) is 0 Å². The molecule has 28 heavy (non-hydrogen) atoms. The number of fused-ring (bicyclic) bond motifs is 8. The molecule has 3 heteroatoms. The highest BCUT2D eigenvalue weighted by Gasteiger charge is 2.40. The zero-order valence-corrected chi connectivity index (χ0v) is 15.4. The van der Waals surface area contributed by atoms with Crippen molar-refractivity contribution in [1.82, 2.24) is 4.57 Å². The Kier molecular flexibility index (Phi) is 2.54. The lowest BCUT2D eigenvalue weighted by atomic mass is 9.34. The van der Waals surface area contributed by atoms with Gasteiger partial charge < -0.3 is 9.30 Å². The summed E-state index contributed by atoms with van der Waals surface area (Å²) < 4.78 is 8.86. The summed E-state index contributed by atoms with van der Waals surface area (Å²) in [6, 6.07) is 28.3. The number of ether oxygens (including phenoxy) is 1. The smallest absolute Gasteiger partial charge is 0.256 e. The van der Waals surface area contributed by atoms with Crippen LogP contribution < -0.4 is 21.1 Å². The van der Waals surface area contributed by atoms with Gasteiger partial charge in [-0.05, 0) is 53.6 Å². The van der Waals surface area contributed by atoms with Crippen LogP contribution in [0.25, 0.3) is 27.5 Å². The third-order valence-electron chi connectivity index (χ3n) is 6.41. The van der Waals surface area contributed by atoms with E-state index in [9.17, 15) is 0 Å². The van der Waals surface area contributed by atoms with Crippen molar-refractivity contribution in [2.45, 2.75) is 6.92 Å². The van der Waals surface area contributed by atoms with E-state index >= 15 is 0 Å². The highest BCUT2D eigenvalue weighted by molar-refractivity contribution is 6.99. The second-order valence-corrected chi connectivity index (χ2v) is 7.81. The van der Waals surface area contributed by atoms with Crippen LogP contribution in [0.1, 0.15) is 5.56 Å². The first-order chi connectivity index (χ1) is 13.8. The lowest BCUT2D eigenvalue weighted by Crippen LogP contribution is -2.59. The van der Waals surface area contributed by atoms with Crippen LogP contribution in [-0.2, 0) is 0 Å². The third-order valence-corrected chi connectivity index (χ3v) is 6.41. The van der Waals surface area contributed by atoms with E-state index in [0.717, 1.165) is 11.5 Å². The summed E-state index contributed by atoms with van der Waals surface area (Å²) in [5.41, 5.74) is 9.05. The van der Waals surface area contributed by atoms with E-state index in [0.29, 0.717) is 0 Å². The number of hydrogen-bond donors (Lipinski definition) is 0. The lowest BCUT2D eigenvalue weighted by Gasteiger charge is -2.33. The average Bonchev–Trinajstić information content (AvgIpc) is 3.08. The van der Waals surface area contributed by atoms with Gasteiger partial charge in [-0.25, -0.2) is 0 Å². The molecule has 0 fully saturated rings. The number of benzene rings is 4. The predicted molar refractivity (Wildman–Crippen MR) is 117 cm³/mol. The molecule has 130 valence electrons. The zero-order valence-electron chi connectivity index (χ0n) is 15.4. The summed E-state index contributed by atoms with van der Waals surface area (Å²) in [4.78, 5) is 0. The maximum Gasteiger partial charge on any atom is 0.256 e. The number of hydrogen-bond acceptors (Lipinski definition) is 1. The molecule has 0 unspecified atom stereocenters. The Bertz CT molecular complexity index is 1460. The summed E-state index contributed by atoms with van der Waals surface area (Å²) in [5, 5.41) is 2.60. The normalized spacial score (nSPS) is 13.4. The van der Waals surface area contributed by atoms with Crippen LogP contribution in [0, 0.1) is 6.92 Å². The molecule has 0 atom stereocenters. The molecule has 2 aliphatic rings. The molecule has 0 spiro atoms. The van der Waals surface area contributed by atoms with E-state index in [4.69, 9.17) is 4.74 Å². The monoisotopic (exact) mass is 357 g/mol. The van der Waals surface area contributed by atoms with Gasteiger partial charge >= 0.3 is 0 Å². The maximum absolute atomic E-state index is 6.42. The van der Waals surface area contributed by atoms with E-state index in [1.54, 1.807) is 0 Å². The molecule has 7 rings (SSSR count). The fraction of sp³-hybridized carbons (Fsp3) is 0.0400. The van der Waals surface area contributed by atoms with Crippen LogP contribution >= 0.6 is 0 Å². The molecule has 0 saturated heterocycles. The van der Waals surface area contributed by atoms with E-state index in [1.165, 1.54) is 49.4 Å². The molecule has 3 heterocycles. The van der Waals surface area contributed by atoms with Gasteiger partial charge in [-0.3, -0.25) is 0 Å². The standard InChI is InChI=1S/C25H16BNO/c1-15-7-6-12-21-23(15)26-18-9-3-5-11-20(18)27-19-10-4-2-8-16(19)17-13-14-22(28-21)24(26)25(17)27/h2-14H,1H3. The Labute approximate surface area is 163 Å². The lowest BCUT2D eigenvalue weighted by molar-refractivity contribution is 0.487. The van der Waals surface area contributed by atoms with Crippen LogP contribution in [0.4, 0.5) is 0 Å². The molecular weight excluding hydrogens is 341 g/mol. The van der Waals surface area contributed by atoms with Crippen molar-refractivity contribution >= 4 is 44.9 Å². The van der Waals surface area contributed by atoms with Crippen molar-refractivity contribution in [1.29, 1.82) is 0 Å². The molecule has 0 aliphatic carbocycles. The van der Waals surface area contributed by atoms with Crippen molar-refractivity contribution in [2.24, 2.45) is 0 Å². The van der Waals surface area contributed by atoms with Crippen LogP contribution in [0.5, 0.6) is 11.5 Å². The number of aromatic nitrogens is 1. The zero-order chi connectivity index (χ0) is 18.4. The summed E-state index contributed by atoms with van der Waals surface area (Å²) >= 11 is 0. The highest BCUT2D eigenvalue weighted by Crippen LogP contribution is 2.38. The second kappa shape index (κ2) is 4.88. The second-order valence-electron chi connectivity index (χ2n) is 7.81. The molecule has 1 aromatic heterocycles. The van der Waals surface area contributed by atoms with E-state index < -0.39 is 0 Å². The van der Waals surface area contributed by atoms with E-state index in [2.05, 4.69) is 90.4 Å². The van der Waals surface area contributed by atoms with Gasteiger partial charge in [-0.1, -0.05) is 54.1 Å². The van der Waals surface area contributed by atoms with Gasteiger partial charge in [0, 0.05) is 16.5 Å². The molecule has 2 aliphatic heterocycles. The van der Waals surface area contributed by atoms with Gasteiger partial charge in [-0.15, -0.1) is 0 Å². The van der Waals surface area contributed by atoms with Gasteiger partial charge in [0.2, 0.25) is 0 Å². The minimum absolute atomic E-state index is 0.205. The first kappa shape index (κ1) is 14.6. The van der Waals surface area contributed by atoms with Crippen molar-refractivity contribution in [3.05, 3.63) is 84.4 Å². The van der Waals surface area contributed by atoms with Crippen molar-refractivity contribution in [3.8, 4) is 17.2 Å². The molecular formula is C25H16BNO. The Balaban J connectivity index is 1.77. The van der Waals surface area contributed by atoms with Gasteiger partial charge in [0.05, 0.1) is 11.0 Å². The Morgan fingerprint density at radius 1 is 0.714 bits per heavy atom. The topological polar surface area (TPSA) is 14.2 Å². The number of para-hydroxylation sites is 2. The fourth-order valence-corrected chi connectivity index (χ4v) is 5.30. The largest absolute Gasteiger partial charge is 0.458 e. The maximum atomic E-state index is 6.42. The van der Waals surface area contributed by atoms with Crippen molar-refractivity contribution in [2.75, 3.05) is 0 Å². The van der Waals surface area contributed by atoms with Gasteiger partial charge in [0.1, 0.15) is 11.5 Å². The van der Waals surface area contributed by atoms with E-state index in [1.807, 2.05) is 0 Å².